The lowest BCUT2D eigenvalue weighted by Crippen LogP contribution is -2.30. The van der Waals surface area contributed by atoms with E-state index in [0.717, 1.165) is 4.90 Å². The van der Waals surface area contributed by atoms with Crippen molar-refractivity contribution in [3.63, 3.8) is 0 Å². The predicted octanol–water partition coefficient (Wildman–Crippen LogP) is 6.03. The van der Waals surface area contributed by atoms with E-state index in [1.165, 1.54) is 39.2 Å². The first-order chi connectivity index (χ1) is 23.2. The molecule has 48 heavy (non-hydrogen) atoms. The molecule has 4 rings (SSSR count). The van der Waals surface area contributed by atoms with E-state index in [1.54, 1.807) is 97.9 Å². The van der Waals surface area contributed by atoms with E-state index < -0.39 is 17.8 Å². The Balaban J connectivity index is 1.45. The topological polar surface area (TPSA) is 141 Å². The Morgan fingerprint density at radius 3 is 1.94 bits per heavy atom. The van der Waals surface area contributed by atoms with Gasteiger partial charge < -0.3 is 34.9 Å². The van der Waals surface area contributed by atoms with Gasteiger partial charge in [-0.15, -0.1) is 11.8 Å². The second kappa shape index (κ2) is 17.2. The predicted molar refractivity (Wildman–Crippen MR) is 185 cm³/mol. The molecule has 0 fully saturated rings. The SMILES string of the molecule is CCOC(=O)c1ccc(NC(=O)CSc2ccc(NC(=O)/C(=C/c3cc(OC)c(OC)cc3OC)NC(=O)c3ccccc3)cc2)cc1. The maximum absolute atomic E-state index is 13.6. The van der Waals surface area contributed by atoms with Gasteiger partial charge in [-0.3, -0.25) is 14.4 Å². The summed E-state index contributed by atoms with van der Waals surface area (Å²) in [5.74, 6) is -0.328. The second-order valence-electron chi connectivity index (χ2n) is 9.94. The summed E-state index contributed by atoms with van der Waals surface area (Å²) in [6.07, 6.45) is 1.49. The molecule has 4 aromatic rings. The van der Waals surface area contributed by atoms with E-state index in [0.29, 0.717) is 45.3 Å². The quantitative estimate of drug-likeness (QED) is 0.0834. The van der Waals surface area contributed by atoms with Gasteiger partial charge in [-0.05, 0) is 79.7 Å². The fourth-order valence-corrected chi connectivity index (χ4v) is 5.04. The Labute approximate surface area is 282 Å². The van der Waals surface area contributed by atoms with E-state index in [9.17, 15) is 19.2 Å². The van der Waals surface area contributed by atoms with Gasteiger partial charge >= 0.3 is 5.97 Å². The summed E-state index contributed by atoms with van der Waals surface area (Å²) in [5, 5.41) is 8.32. The van der Waals surface area contributed by atoms with E-state index in [1.807, 2.05) is 0 Å². The highest BCUT2D eigenvalue weighted by molar-refractivity contribution is 8.00. The summed E-state index contributed by atoms with van der Waals surface area (Å²) < 4.78 is 21.3. The lowest BCUT2D eigenvalue weighted by Gasteiger charge is -2.15. The average molecular weight is 670 g/mol. The first kappa shape index (κ1) is 35.1. The molecular weight excluding hydrogens is 634 g/mol. The molecule has 12 heteroatoms. The van der Waals surface area contributed by atoms with Crippen molar-refractivity contribution in [3.8, 4) is 17.2 Å². The fraction of sp³-hybridized carbons (Fsp3) is 0.167. The van der Waals surface area contributed by atoms with E-state index in [-0.39, 0.29) is 24.0 Å². The van der Waals surface area contributed by atoms with Crippen LogP contribution < -0.4 is 30.2 Å². The number of benzene rings is 4. The molecule has 4 aromatic carbocycles. The first-order valence-electron chi connectivity index (χ1n) is 14.7. The second-order valence-corrected chi connectivity index (χ2v) is 11.0. The molecule has 11 nitrogen and oxygen atoms in total. The largest absolute Gasteiger partial charge is 0.496 e. The molecule has 0 unspecified atom stereocenters. The minimum absolute atomic E-state index is 0.0419. The molecule has 0 heterocycles. The number of nitrogens with one attached hydrogen (secondary N) is 3. The molecule has 0 aromatic heterocycles. The van der Waals surface area contributed by atoms with Crippen molar-refractivity contribution in [1.82, 2.24) is 5.32 Å². The summed E-state index contributed by atoms with van der Waals surface area (Å²) >= 11 is 1.31. The average Bonchev–Trinajstić information content (AvgIpc) is 3.11. The molecule has 0 spiro atoms. The van der Waals surface area contributed by atoms with Crippen molar-refractivity contribution < 1.29 is 38.1 Å². The summed E-state index contributed by atoms with van der Waals surface area (Å²) in [5.41, 5.74) is 2.22. The van der Waals surface area contributed by atoms with Gasteiger partial charge in [-0.25, -0.2) is 4.79 Å². The Kier molecular flexibility index (Phi) is 12.6. The Hall–Kier alpha value is -5.75. The monoisotopic (exact) mass is 669 g/mol. The normalized spacial score (nSPS) is 10.8. The minimum Gasteiger partial charge on any atom is -0.496 e. The van der Waals surface area contributed by atoms with E-state index in [4.69, 9.17) is 18.9 Å². The third kappa shape index (κ3) is 9.63. The third-order valence-corrected chi connectivity index (χ3v) is 7.74. The summed E-state index contributed by atoms with van der Waals surface area (Å²) in [4.78, 5) is 51.8. The number of amides is 3. The van der Waals surface area contributed by atoms with Crippen LogP contribution in [0.5, 0.6) is 17.2 Å². The molecule has 0 radical (unpaired) electrons. The van der Waals surface area contributed by atoms with Crippen molar-refractivity contribution in [2.24, 2.45) is 0 Å². The third-order valence-electron chi connectivity index (χ3n) is 6.73. The van der Waals surface area contributed by atoms with Crippen molar-refractivity contribution in [3.05, 3.63) is 113 Å². The zero-order chi connectivity index (χ0) is 34.5. The Morgan fingerprint density at radius 2 is 1.31 bits per heavy atom. The Bertz CT molecular complexity index is 1780. The molecule has 0 aliphatic rings. The van der Waals surface area contributed by atoms with Gasteiger partial charge in [0.05, 0.1) is 39.3 Å². The summed E-state index contributed by atoms with van der Waals surface area (Å²) in [7, 11) is 4.47. The van der Waals surface area contributed by atoms with Gasteiger partial charge in [0, 0.05) is 33.5 Å². The molecule has 3 amide bonds. The van der Waals surface area contributed by atoms with Crippen LogP contribution in [0.3, 0.4) is 0 Å². The minimum atomic E-state index is -0.579. The Morgan fingerprint density at radius 1 is 0.708 bits per heavy atom. The van der Waals surface area contributed by atoms with Gasteiger partial charge in [-0.1, -0.05) is 18.2 Å². The molecule has 0 saturated heterocycles. The van der Waals surface area contributed by atoms with Crippen LogP contribution in [-0.2, 0) is 14.3 Å². The van der Waals surface area contributed by atoms with Crippen molar-refractivity contribution in [1.29, 1.82) is 0 Å². The highest BCUT2D eigenvalue weighted by Crippen LogP contribution is 2.35. The maximum Gasteiger partial charge on any atom is 0.338 e. The number of methoxy groups -OCH3 is 3. The fourth-order valence-electron chi connectivity index (χ4n) is 4.35. The van der Waals surface area contributed by atoms with Crippen LogP contribution in [0.25, 0.3) is 6.08 Å². The highest BCUT2D eigenvalue weighted by atomic mass is 32.2. The first-order valence-corrected chi connectivity index (χ1v) is 15.7. The summed E-state index contributed by atoms with van der Waals surface area (Å²) in [6.45, 7) is 2.01. The number of thioether (sulfide) groups is 1. The van der Waals surface area contributed by atoms with Crippen LogP contribution in [0, 0.1) is 0 Å². The van der Waals surface area contributed by atoms with Crippen molar-refractivity contribution in [2.45, 2.75) is 11.8 Å². The molecule has 0 atom stereocenters. The standard InChI is InChI=1S/C36H35N3O8S/c1-5-47-36(43)24-11-13-26(14-12-24)37-33(40)22-48-28-17-15-27(16-18-28)38-35(42)29(39-34(41)23-9-7-6-8-10-23)19-25-20-31(45-3)32(46-4)21-30(25)44-2/h6-21H,5,22H2,1-4H3,(H,37,40)(H,38,42)(H,39,41)/b29-19-. The smallest absolute Gasteiger partial charge is 0.338 e. The lowest BCUT2D eigenvalue weighted by atomic mass is 10.1. The molecular formula is C36H35N3O8S. The lowest BCUT2D eigenvalue weighted by molar-refractivity contribution is -0.114. The molecule has 0 bridgehead atoms. The van der Waals surface area contributed by atoms with Crippen LogP contribution in [0.15, 0.2) is 102 Å². The zero-order valence-electron chi connectivity index (χ0n) is 26.8. The number of esters is 1. The van der Waals surface area contributed by atoms with Gasteiger partial charge in [0.1, 0.15) is 11.4 Å². The number of hydrogen-bond acceptors (Lipinski definition) is 9. The number of ether oxygens (including phenoxy) is 4. The zero-order valence-corrected chi connectivity index (χ0v) is 27.6. The molecule has 0 saturated carbocycles. The molecule has 248 valence electrons. The molecule has 0 aliphatic carbocycles. The number of hydrogen-bond donors (Lipinski definition) is 3. The van der Waals surface area contributed by atoms with Crippen LogP contribution >= 0.6 is 11.8 Å². The molecule has 0 aliphatic heterocycles. The van der Waals surface area contributed by atoms with Crippen LogP contribution in [-0.4, -0.2) is 57.4 Å². The molecule has 3 N–H and O–H groups in total. The number of carbonyl (C=O) groups is 4. The number of anilines is 2. The number of rotatable bonds is 14. The van der Waals surface area contributed by atoms with E-state index >= 15 is 0 Å². The van der Waals surface area contributed by atoms with Crippen molar-refractivity contribution in [2.75, 3.05) is 44.3 Å². The number of carbonyl (C=O) groups excluding carboxylic acids is 4. The van der Waals surface area contributed by atoms with Gasteiger partial charge in [0.25, 0.3) is 11.8 Å². The summed E-state index contributed by atoms with van der Waals surface area (Å²) in [6, 6.07) is 25.2. The van der Waals surface area contributed by atoms with Crippen LogP contribution in [0.4, 0.5) is 11.4 Å². The van der Waals surface area contributed by atoms with Gasteiger partial charge in [0.2, 0.25) is 5.91 Å². The maximum atomic E-state index is 13.6. The van der Waals surface area contributed by atoms with Crippen molar-refractivity contribution >= 4 is 52.9 Å². The van der Waals surface area contributed by atoms with E-state index in [2.05, 4.69) is 16.0 Å². The van der Waals surface area contributed by atoms with Gasteiger partial charge in [0.15, 0.2) is 11.5 Å². The van der Waals surface area contributed by atoms with Crippen LogP contribution in [0.1, 0.15) is 33.2 Å². The van der Waals surface area contributed by atoms with Crippen LogP contribution in [0.2, 0.25) is 0 Å². The highest BCUT2D eigenvalue weighted by Gasteiger charge is 2.18. The van der Waals surface area contributed by atoms with Gasteiger partial charge in [-0.2, -0.15) is 0 Å².